The topological polar surface area (TPSA) is 94.7 Å². The largest absolute Gasteiger partial charge is 0.347 e. The molecule has 0 aliphatic carbocycles. The van der Waals surface area contributed by atoms with Gasteiger partial charge in [-0.05, 0) is 30.7 Å². The van der Waals surface area contributed by atoms with Gasteiger partial charge in [0.05, 0.1) is 5.75 Å². The van der Waals surface area contributed by atoms with Crippen LogP contribution in [0.4, 0.5) is 0 Å². The summed E-state index contributed by atoms with van der Waals surface area (Å²) in [5.74, 6) is 0.0271. The van der Waals surface area contributed by atoms with Crippen LogP contribution in [0.2, 0.25) is 0 Å². The smallest absolute Gasteiger partial charge is 0.274 e. The predicted molar refractivity (Wildman–Crippen MR) is 102 cm³/mol. The monoisotopic (exact) mass is 384 g/mol. The number of aromatic nitrogens is 5. The molecule has 9 heteroatoms. The van der Waals surface area contributed by atoms with Crippen LogP contribution in [0.3, 0.4) is 0 Å². The van der Waals surface area contributed by atoms with E-state index in [4.69, 9.17) is 0 Å². The number of imide groups is 1. The van der Waals surface area contributed by atoms with Crippen molar-refractivity contribution in [2.24, 2.45) is 7.05 Å². The Bertz CT molecular complexity index is 934. The third-order valence-corrected chi connectivity index (χ3v) is 4.83. The Balaban J connectivity index is 1.67. The zero-order valence-electron chi connectivity index (χ0n) is 15.1. The van der Waals surface area contributed by atoms with Crippen LogP contribution in [-0.2, 0) is 18.4 Å². The summed E-state index contributed by atoms with van der Waals surface area (Å²) in [5.41, 5.74) is 1.35. The number of hydrogen-bond acceptors (Lipinski definition) is 6. The molecule has 140 valence electrons. The van der Waals surface area contributed by atoms with Crippen LogP contribution in [0.1, 0.15) is 23.8 Å². The summed E-state index contributed by atoms with van der Waals surface area (Å²) >= 11 is 1.26. The fourth-order valence-electron chi connectivity index (χ4n) is 2.59. The lowest BCUT2D eigenvalue weighted by Crippen LogP contribution is -2.33. The van der Waals surface area contributed by atoms with Gasteiger partial charge in [0.25, 0.3) is 5.91 Å². The number of carbonyl (C=O) groups is 2. The second-order valence-electron chi connectivity index (χ2n) is 5.86. The lowest BCUT2D eigenvalue weighted by atomic mass is 10.2. The number of carbonyl (C=O) groups excluding carboxylic acids is 2. The highest BCUT2D eigenvalue weighted by Gasteiger charge is 2.17. The second kappa shape index (κ2) is 8.63. The number of pyridine rings is 1. The van der Waals surface area contributed by atoms with E-state index in [1.807, 2.05) is 16.7 Å². The van der Waals surface area contributed by atoms with E-state index in [0.717, 1.165) is 24.4 Å². The summed E-state index contributed by atoms with van der Waals surface area (Å²) in [6, 6.07) is 7.16. The van der Waals surface area contributed by atoms with Crippen molar-refractivity contribution in [3.05, 3.63) is 48.5 Å². The highest BCUT2D eigenvalue weighted by molar-refractivity contribution is 7.99. The average molecular weight is 384 g/mol. The quantitative estimate of drug-likeness (QED) is 0.627. The maximum Gasteiger partial charge on any atom is 0.274 e. The molecule has 3 rings (SSSR count). The Morgan fingerprint density at radius 3 is 2.63 bits per heavy atom. The summed E-state index contributed by atoms with van der Waals surface area (Å²) in [5, 5.41) is 11.5. The molecule has 0 bridgehead atoms. The molecule has 0 unspecified atom stereocenters. The summed E-state index contributed by atoms with van der Waals surface area (Å²) in [6.07, 6.45) is 6.06. The van der Waals surface area contributed by atoms with Crippen LogP contribution >= 0.6 is 11.8 Å². The third-order valence-electron chi connectivity index (χ3n) is 3.86. The van der Waals surface area contributed by atoms with Gasteiger partial charge in [-0.2, -0.15) is 0 Å². The minimum absolute atomic E-state index is 0.0777. The van der Waals surface area contributed by atoms with Crippen molar-refractivity contribution in [1.82, 2.24) is 29.6 Å². The van der Waals surface area contributed by atoms with E-state index in [1.54, 1.807) is 42.3 Å². The molecule has 8 nitrogen and oxygen atoms in total. The van der Waals surface area contributed by atoms with Gasteiger partial charge in [0.1, 0.15) is 5.69 Å². The van der Waals surface area contributed by atoms with Crippen molar-refractivity contribution < 1.29 is 9.59 Å². The SMILES string of the molecule is CCCn1c(SCC(=O)NC(=O)c2cccn2C)nnc1-c1ccncc1. The van der Waals surface area contributed by atoms with Crippen molar-refractivity contribution >= 4 is 23.6 Å². The van der Waals surface area contributed by atoms with Gasteiger partial charge in [-0.3, -0.25) is 19.9 Å². The van der Waals surface area contributed by atoms with Crippen molar-refractivity contribution in [2.75, 3.05) is 5.75 Å². The first-order chi connectivity index (χ1) is 13.1. The lowest BCUT2D eigenvalue weighted by molar-refractivity contribution is -0.117. The van der Waals surface area contributed by atoms with E-state index in [9.17, 15) is 9.59 Å². The first-order valence-electron chi connectivity index (χ1n) is 8.52. The van der Waals surface area contributed by atoms with E-state index >= 15 is 0 Å². The Labute approximate surface area is 161 Å². The summed E-state index contributed by atoms with van der Waals surface area (Å²) in [4.78, 5) is 28.3. The number of nitrogens with one attached hydrogen (secondary N) is 1. The van der Waals surface area contributed by atoms with Gasteiger partial charge in [0.2, 0.25) is 5.91 Å². The fraction of sp³-hybridized carbons (Fsp3) is 0.278. The van der Waals surface area contributed by atoms with Gasteiger partial charge in [-0.25, -0.2) is 0 Å². The Hall–Kier alpha value is -2.94. The van der Waals surface area contributed by atoms with Gasteiger partial charge in [0, 0.05) is 37.7 Å². The molecular weight excluding hydrogens is 364 g/mol. The van der Waals surface area contributed by atoms with E-state index < -0.39 is 5.91 Å². The summed E-state index contributed by atoms with van der Waals surface area (Å²) in [6.45, 7) is 2.80. The van der Waals surface area contributed by atoms with Gasteiger partial charge < -0.3 is 9.13 Å². The molecule has 1 N–H and O–H groups in total. The number of aryl methyl sites for hydroxylation is 1. The maximum absolute atomic E-state index is 12.2. The average Bonchev–Trinajstić information content (AvgIpc) is 3.27. The summed E-state index contributed by atoms with van der Waals surface area (Å²) in [7, 11) is 1.75. The van der Waals surface area contributed by atoms with Gasteiger partial charge in [-0.1, -0.05) is 18.7 Å². The Kier molecular flexibility index (Phi) is 6.02. The van der Waals surface area contributed by atoms with Crippen LogP contribution in [0.5, 0.6) is 0 Å². The zero-order chi connectivity index (χ0) is 19.2. The normalized spacial score (nSPS) is 10.7. The highest BCUT2D eigenvalue weighted by Crippen LogP contribution is 2.23. The molecule has 0 radical (unpaired) electrons. The first kappa shape index (κ1) is 18.8. The van der Waals surface area contributed by atoms with Crippen molar-refractivity contribution in [3.8, 4) is 11.4 Å². The lowest BCUT2D eigenvalue weighted by Gasteiger charge is -2.09. The molecule has 0 saturated heterocycles. The predicted octanol–water partition coefficient (Wildman–Crippen LogP) is 2.14. The number of amides is 2. The molecule has 0 aromatic carbocycles. The number of nitrogens with zero attached hydrogens (tertiary/aromatic N) is 5. The molecule has 0 aliphatic rings. The Morgan fingerprint density at radius 1 is 1.19 bits per heavy atom. The molecule has 27 heavy (non-hydrogen) atoms. The number of hydrogen-bond donors (Lipinski definition) is 1. The molecular formula is C18H20N6O2S. The highest BCUT2D eigenvalue weighted by atomic mass is 32.2. The van der Waals surface area contributed by atoms with E-state index in [2.05, 4.69) is 27.4 Å². The maximum atomic E-state index is 12.2. The van der Waals surface area contributed by atoms with Crippen molar-refractivity contribution in [3.63, 3.8) is 0 Å². The van der Waals surface area contributed by atoms with Crippen molar-refractivity contribution in [1.29, 1.82) is 0 Å². The van der Waals surface area contributed by atoms with Crippen molar-refractivity contribution in [2.45, 2.75) is 25.0 Å². The van der Waals surface area contributed by atoms with E-state index in [0.29, 0.717) is 10.9 Å². The van der Waals surface area contributed by atoms with Gasteiger partial charge >= 0.3 is 0 Å². The van der Waals surface area contributed by atoms with Crippen LogP contribution in [0.25, 0.3) is 11.4 Å². The molecule has 0 spiro atoms. The summed E-state index contributed by atoms with van der Waals surface area (Å²) < 4.78 is 3.64. The zero-order valence-corrected chi connectivity index (χ0v) is 15.9. The van der Waals surface area contributed by atoms with Gasteiger partial charge in [0.15, 0.2) is 11.0 Å². The Morgan fingerprint density at radius 2 is 1.96 bits per heavy atom. The van der Waals surface area contributed by atoms with E-state index in [1.165, 1.54) is 11.8 Å². The number of thioether (sulfide) groups is 1. The minimum Gasteiger partial charge on any atom is -0.347 e. The molecule has 0 fully saturated rings. The molecule has 3 heterocycles. The third kappa shape index (κ3) is 4.43. The molecule has 0 aliphatic heterocycles. The fourth-order valence-corrected chi connectivity index (χ4v) is 3.35. The molecule has 3 aromatic rings. The first-order valence-corrected chi connectivity index (χ1v) is 9.50. The molecule has 2 amide bonds. The number of rotatable bonds is 7. The standard InChI is InChI=1S/C18H20N6O2S/c1-3-10-24-16(13-6-8-19-9-7-13)21-22-18(24)27-12-15(25)20-17(26)14-5-4-11-23(14)2/h4-9,11H,3,10,12H2,1-2H3,(H,20,25,26). The molecule has 0 atom stereocenters. The van der Waals surface area contributed by atoms with Crippen LogP contribution < -0.4 is 5.32 Å². The molecule has 3 aromatic heterocycles. The minimum atomic E-state index is -0.416. The molecule has 0 saturated carbocycles. The second-order valence-corrected chi connectivity index (χ2v) is 6.81. The van der Waals surface area contributed by atoms with Crippen LogP contribution in [0.15, 0.2) is 48.0 Å². The van der Waals surface area contributed by atoms with Crippen LogP contribution in [-0.4, -0.2) is 41.9 Å². The van der Waals surface area contributed by atoms with Crippen LogP contribution in [0, 0.1) is 0 Å². The van der Waals surface area contributed by atoms with E-state index in [-0.39, 0.29) is 11.7 Å². The van der Waals surface area contributed by atoms with Gasteiger partial charge in [-0.15, -0.1) is 10.2 Å².